The maximum absolute atomic E-state index is 10.9. The van der Waals surface area contributed by atoms with Gasteiger partial charge in [0.2, 0.25) is 0 Å². The van der Waals surface area contributed by atoms with Crippen molar-refractivity contribution in [1.29, 1.82) is 0 Å². The van der Waals surface area contributed by atoms with E-state index in [1.54, 1.807) is 19.1 Å². The molecule has 0 bridgehead atoms. The van der Waals surface area contributed by atoms with Crippen molar-refractivity contribution in [2.24, 2.45) is 5.92 Å². The minimum absolute atomic E-state index is 0.361. The van der Waals surface area contributed by atoms with Crippen molar-refractivity contribution in [3.8, 4) is 5.75 Å². The number of carboxylic acid groups (broad SMARTS) is 1. The SMILES string of the molecule is CC(=O)Oc1cc(C)c(C[C@H](C)C(=O)O)c(C)c1. The number of aliphatic carboxylic acids is 1. The van der Waals surface area contributed by atoms with Crippen LogP contribution in [0.5, 0.6) is 5.75 Å². The van der Waals surface area contributed by atoms with E-state index in [1.165, 1.54) is 6.92 Å². The fourth-order valence-corrected chi connectivity index (χ4v) is 1.89. The fourth-order valence-electron chi connectivity index (χ4n) is 1.89. The molecule has 4 nitrogen and oxygen atoms in total. The summed E-state index contributed by atoms with van der Waals surface area (Å²) in [6, 6.07) is 3.52. The molecule has 0 heterocycles. The third-order valence-corrected chi connectivity index (χ3v) is 2.86. The molecule has 0 fully saturated rings. The Kier molecular flexibility index (Phi) is 4.48. The molecule has 0 saturated heterocycles. The first kappa shape index (κ1) is 14.2. The van der Waals surface area contributed by atoms with Gasteiger partial charge >= 0.3 is 11.9 Å². The van der Waals surface area contributed by atoms with Crippen LogP contribution in [-0.2, 0) is 16.0 Å². The predicted octanol–water partition coefficient (Wildman–Crippen LogP) is 2.49. The quantitative estimate of drug-likeness (QED) is 0.658. The average Bonchev–Trinajstić information content (AvgIpc) is 2.21. The molecular weight excluding hydrogens is 232 g/mol. The van der Waals surface area contributed by atoms with Crippen LogP contribution in [0.3, 0.4) is 0 Å². The zero-order valence-electron chi connectivity index (χ0n) is 11.1. The number of hydrogen-bond donors (Lipinski definition) is 1. The largest absolute Gasteiger partial charge is 0.481 e. The van der Waals surface area contributed by atoms with Crippen molar-refractivity contribution in [1.82, 2.24) is 0 Å². The molecule has 0 aliphatic rings. The zero-order valence-corrected chi connectivity index (χ0v) is 11.1. The Morgan fingerprint density at radius 1 is 1.28 bits per heavy atom. The molecule has 0 radical (unpaired) electrons. The van der Waals surface area contributed by atoms with Crippen LogP contribution >= 0.6 is 0 Å². The molecule has 0 aliphatic carbocycles. The Hall–Kier alpha value is -1.84. The van der Waals surface area contributed by atoms with Crippen molar-refractivity contribution >= 4 is 11.9 Å². The van der Waals surface area contributed by atoms with E-state index in [0.717, 1.165) is 16.7 Å². The molecule has 18 heavy (non-hydrogen) atoms. The number of esters is 1. The maximum atomic E-state index is 10.9. The van der Waals surface area contributed by atoms with Crippen LogP contribution in [0.4, 0.5) is 0 Å². The Balaban J connectivity index is 3.01. The first-order valence-electron chi connectivity index (χ1n) is 5.82. The molecule has 1 rings (SSSR count). The van der Waals surface area contributed by atoms with Crippen LogP contribution in [0.1, 0.15) is 30.5 Å². The topological polar surface area (TPSA) is 63.6 Å². The number of carboxylic acids is 1. The molecule has 1 atom stereocenters. The number of carbonyl (C=O) groups is 2. The van der Waals surface area contributed by atoms with Gasteiger partial charge in [0.1, 0.15) is 5.75 Å². The van der Waals surface area contributed by atoms with Crippen molar-refractivity contribution in [2.75, 3.05) is 0 Å². The van der Waals surface area contributed by atoms with E-state index >= 15 is 0 Å². The number of aryl methyl sites for hydroxylation is 2. The summed E-state index contributed by atoms with van der Waals surface area (Å²) < 4.78 is 5.03. The molecule has 0 aliphatic heterocycles. The highest BCUT2D eigenvalue weighted by Gasteiger charge is 2.15. The molecule has 0 unspecified atom stereocenters. The normalized spacial score (nSPS) is 12.0. The van der Waals surface area contributed by atoms with Gasteiger partial charge in [-0.3, -0.25) is 9.59 Å². The zero-order chi connectivity index (χ0) is 13.9. The molecule has 1 aromatic carbocycles. The molecule has 0 saturated carbocycles. The van der Waals surface area contributed by atoms with E-state index in [4.69, 9.17) is 9.84 Å². The van der Waals surface area contributed by atoms with Crippen LogP contribution in [0, 0.1) is 19.8 Å². The molecule has 1 N–H and O–H groups in total. The van der Waals surface area contributed by atoms with Gasteiger partial charge in [-0.25, -0.2) is 0 Å². The van der Waals surface area contributed by atoms with E-state index < -0.39 is 11.9 Å². The third kappa shape index (κ3) is 3.58. The molecule has 0 amide bonds. The van der Waals surface area contributed by atoms with Gasteiger partial charge in [-0.15, -0.1) is 0 Å². The smallest absolute Gasteiger partial charge is 0.308 e. The molecule has 4 heteroatoms. The first-order valence-corrected chi connectivity index (χ1v) is 5.82. The van der Waals surface area contributed by atoms with Gasteiger partial charge in [0.05, 0.1) is 5.92 Å². The lowest BCUT2D eigenvalue weighted by molar-refractivity contribution is -0.141. The Morgan fingerprint density at radius 3 is 2.17 bits per heavy atom. The highest BCUT2D eigenvalue weighted by atomic mass is 16.5. The summed E-state index contributed by atoms with van der Waals surface area (Å²) in [5.41, 5.74) is 2.89. The summed E-state index contributed by atoms with van der Waals surface area (Å²) >= 11 is 0. The molecule has 0 aromatic heterocycles. The van der Waals surface area contributed by atoms with Crippen LogP contribution in [-0.4, -0.2) is 17.0 Å². The van der Waals surface area contributed by atoms with Gasteiger partial charge in [-0.1, -0.05) is 6.92 Å². The van der Waals surface area contributed by atoms with E-state index in [9.17, 15) is 9.59 Å². The van der Waals surface area contributed by atoms with E-state index in [2.05, 4.69) is 0 Å². The van der Waals surface area contributed by atoms with E-state index in [0.29, 0.717) is 12.2 Å². The lowest BCUT2D eigenvalue weighted by Crippen LogP contribution is -2.14. The summed E-state index contributed by atoms with van der Waals surface area (Å²) in [4.78, 5) is 21.8. The van der Waals surface area contributed by atoms with Crippen LogP contribution < -0.4 is 4.74 Å². The van der Waals surface area contributed by atoms with E-state index in [-0.39, 0.29) is 5.97 Å². The standard InChI is InChI=1S/C14H18O4/c1-8-5-12(18-11(4)15)6-9(2)13(8)7-10(3)14(16)17/h5-6,10H,7H2,1-4H3,(H,16,17)/t10-/m0/s1. The van der Waals surface area contributed by atoms with Crippen LogP contribution in [0.15, 0.2) is 12.1 Å². The first-order chi connectivity index (χ1) is 8.31. The third-order valence-electron chi connectivity index (χ3n) is 2.86. The second-order valence-electron chi connectivity index (χ2n) is 4.57. The minimum atomic E-state index is -0.808. The summed E-state index contributed by atoms with van der Waals surface area (Å²) in [5.74, 6) is -1.09. The lowest BCUT2D eigenvalue weighted by Gasteiger charge is -2.14. The van der Waals surface area contributed by atoms with Gasteiger partial charge in [0.25, 0.3) is 0 Å². The van der Waals surface area contributed by atoms with Crippen molar-refractivity contribution in [3.63, 3.8) is 0 Å². The van der Waals surface area contributed by atoms with Crippen molar-refractivity contribution < 1.29 is 19.4 Å². The van der Waals surface area contributed by atoms with Gasteiger partial charge in [-0.05, 0) is 49.1 Å². The number of carbonyl (C=O) groups excluding carboxylic acids is 1. The van der Waals surface area contributed by atoms with Gasteiger partial charge in [-0.2, -0.15) is 0 Å². The van der Waals surface area contributed by atoms with Crippen molar-refractivity contribution in [3.05, 3.63) is 28.8 Å². The van der Waals surface area contributed by atoms with Crippen molar-refractivity contribution in [2.45, 2.75) is 34.1 Å². The average molecular weight is 250 g/mol. The Morgan fingerprint density at radius 2 is 1.78 bits per heavy atom. The second-order valence-corrected chi connectivity index (χ2v) is 4.57. The van der Waals surface area contributed by atoms with E-state index in [1.807, 2.05) is 13.8 Å². The van der Waals surface area contributed by atoms with Crippen LogP contribution in [0.2, 0.25) is 0 Å². The monoisotopic (exact) mass is 250 g/mol. The van der Waals surface area contributed by atoms with Gasteiger partial charge in [0, 0.05) is 6.92 Å². The van der Waals surface area contributed by atoms with Gasteiger partial charge in [0.15, 0.2) is 0 Å². The van der Waals surface area contributed by atoms with Gasteiger partial charge < -0.3 is 9.84 Å². The summed E-state index contributed by atoms with van der Waals surface area (Å²) in [6.07, 6.45) is 0.480. The summed E-state index contributed by atoms with van der Waals surface area (Å²) in [5, 5.41) is 8.93. The molecule has 98 valence electrons. The predicted molar refractivity (Wildman–Crippen MR) is 67.7 cm³/mol. The number of hydrogen-bond acceptors (Lipinski definition) is 3. The minimum Gasteiger partial charge on any atom is -0.481 e. The lowest BCUT2D eigenvalue weighted by atomic mass is 9.93. The van der Waals surface area contributed by atoms with Crippen LogP contribution in [0.25, 0.3) is 0 Å². The summed E-state index contributed by atoms with van der Waals surface area (Å²) in [7, 11) is 0. The number of benzene rings is 1. The maximum Gasteiger partial charge on any atom is 0.308 e. The number of rotatable bonds is 4. The fraction of sp³-hybridized carbons (Fsp3) is 0.429. The molecule has 1 aromatic rings. The molecule has 0 spiro atoms. The second kappa shape index (κ2) is 5.67. The molecular formula is C14H18O4. The Labute approximate surface area is 107 Å². The highest BCUT2D eigenvalue weighted by Crippen LogP contribution is 2.24. The number of ether oxygens (including phenoxy) is 1. The Bertz CT molecular complexity index is 454. The summed E-state index contributed by atoms with van der Waals surface area (Å²) in [6.45, 7) is 6.82. The highest BCUT2D eigenvalue weighted by molar-refractivity contribution is 5.71.